The average molecular weight is 238 g/mol. The Morgan fingerprint density at radius 2 is 2.28 bits per heavy atom. The van der Waals surface area contributed by atoms with Crippen molar-refractivity contribution in [2.75, 3.05) is 6.61 Å². The van der Waals surface area contributed by atoms with Crippen molar-refractivity contribution in [1.29, 1.82) is 0 Å². The highest BCUT2D eigenvalue weighted by Gasteiger charge is 2.21. The summed E-state index contributed by atoms with van der Waals surface area (Å²) in [5.74, 6) is -0.224. The van der Waals surface area contributed by atoms with Crippen LogP contribution in [0.4, 0.5) is 0 Å². The minimum Gasteiger partial charge on any atom is -0.462 e. The number of hydrogen-bond acceptors (Lipinski definition) is 2. The third-order valence-electron chi connectivity index (χ3n) is 3.33. The van der Waals surface area contributed by atoms with Crippen molar-refractivity contribution in [1.82, 2.24) is 0 Å². The van der Waals surface area contributed by atoms with E-state index in [1.807, 2.05) is 25.1 Å². The van der Waals surface area contributed by atoms with Crippen LogP contribution < -0.4 is 0 Å². The van der Waals surface area contributed by atoms with Gasteiger partial charge in [-0.25, -0.2) is 4.79 Å². The lowest BCUT2D eigenvalue weighted by Crippen LogP contribution is -2.12. The third-order valence-corrected chi connectivity index (χ3v) is 3.33. The predicted molar refractivity (Wildman–Crippen MR) is 71.3 cm³/mol. The molecule has 0 amide bonds. The first-order chi connectivity index (χ1) is 8.79. The summed E-state index contributed by atoms with van der Waals surface area (Å²) in [6.45, 7) is 2.24. The second-order valence-corrected chi connectivity index (χ2v) is 4.42. The lowest BCUT2D eigenvalue weighted by atomic mass is 9.87. The highest BCUT2D eigenvalue weighted by atomic mass is 16.5. The molecule has 0 saturated heterocycles. The lowest BCUT2D eigenvalue weighted by molar-refractivity contribution is 0.0525. The van der Waals surface area contributed by atoms with Gasteiger partial charge in [0, 0.05) is 0 Å². The highest BCUT2D eigenvalue weighted by Crippen LogP contribution is 2.33. The molecule has 0 heterocycles. The summed E-state index contributed by atoms with van der Waals surface area (Å²) in [6, 6.07) is 5.81. The van der Waals surface area contributed by atoms with Crippen LogP contribution in [-0.4, -0.2) is 12.6 Å². The van der Waals surface area contributed by atoms with E-state index in [2.05, 4.69) is 24.3 Å². The Kier molecular flexibility index (Phi) is 2.63. The van der Waals surface area contributed by atoms with Gasteiger partial charge in [-0.15, -0.1) is 0 Å². The average Bonchev–Trinajstić information content (AvgIpc) is 2.82. The van der Waals surface area contributed by atoms with Crippen molar-refractivity contribution < 1.29 is 9.53 Å². The number of hydrogen-bond donors (Lipinski definition) is 0. The lowest BCUT2D eigenvalue weighted by Gasteiger charge is -2.18. The molecule has 0 fully saturated rings. The fraction of sp³-hybridized carbons (Fsp3) is 0.188. The molecule has 0 unspecified atom stereocenters. The number of ether oxygens (including phenoxy) is 1. The Labute approximate surface area is 106 Å². The fourth-order valence-electron chi connectivity index (χ4n) is 2.47. The van der Waals surface area contributed by atoms with Crippen LogP contribution in [0.2, 0.25) is 0 Å². The number of benzene rings is 1. The number of esters is 1. The standard InChI is InChI=1S/C16H14O2/c1-2-18-16(17)14-8-4-7-13-9-11-5-3-6-12(11)10-15(13)14/h3-9H,2,10H2,1H3. The van der Waals surface area contributed by atoms with E-state index in [1.165, 1.54) is 11.1 Å². The number of allylic oxidation sites excluding steroid dienone is 5. The molecule has 2 heteroatoms. The quantitative estimate of drug-likeness (QED) is 0.739. The zero-order chi connectivity index (χ0) is 12.5. The van der Waals surface area contributed by atoms with E-state index in [0.29, 0.717) is 12.2 Å². The normalized spacial score (nSPS) is 15.6. The second kappa shape index (κ2) is 4.30. The van der Waals surface area contributed by atoms with Gasteiger partial charge in [0.2, 0.25) is 0 Å². The molecular weight excluding hydrogens is 224 g/mol. The van der Waals surface area contributed by atoms with Gasteiger partial charge < -0.3 is 4.74 Å². The van der Waals surface area contributed by atoms with E-state index in [9.17, 15) is 4.79 Å². The van der Waals surface area contributed by atoms with Gasteiger partial charge in [-0.3, -0.25) is 0 Å². The molecule has 0 saturated carbocycles. The molecule has 3 rings (SSSR count). The van der Waals surface area contributed by atoms with Crippen molar-refractivity contribution >= 4 is 12.0 Å². The van der Waals surface area contributed by atoms with E-state index in [0.717, 1.165) is 17.5 Å². The second-order valence-electron chi connectivity index (χ2n) is 4.42. The molecule has 0 radical (unpaired) electrons. The zero-order valence-electron chi connectivity index (χ0n) is 10.3. The molecule has 90 valence electrons. The Bertz CT molecular complexity index is 604. The molecule has 0 atom stereocenters. The Hall–Kier alpha value is -2.09. The largest absolute Gasteiger partial charge is 0.462 e. The maximum absolute atomic E-state index is 11.9. The van der Waals surface area contributed by atoms with E-state index in [-0.39, 0.29) is 5.97 Å². The molecule has 18 heavy (non-hydrogen) atoms. The Balaban J connectivity index is 2.07. The highest BCUT2D eigenvalue weighted by molar-refractivity contribution is 5.93. The van der Waals surface area contributed by atoms with Crippen LogP contribution in [0.1, 0.15) is 28.4 Å². The molecule has 2 aliphatic rings. The smallest absolute Gasteiger partial charge is 0.338 e. The first-order valence-corrected chi connectivity index (χ1v) is 6.18. The fourth-order valence-corrected chi connectivity index (χ4v) is 2.47. The Morgan fingerprint density at radius 3 is 3.11 bits per heavy atom. The topological polar surface area (TPSA) is 26.3 Å². The summed E-state index contributed by atoms with van der Waals surface area (Å²) in [7, 11) is 0. The summed E-state index contributed by atoms with van der Waals surface area (Å²) in [5, 5.41) is 0. The van der Waals surface area contributed by atoms with Crippen LogP contribution in [0.15, 0.2) is 47.6 Å². The van der Waals surface area contributed by atoms with E-state index >= 15 is 0 Å². The molecule has 0 bridgehead atoms. The van der Waals surface area contributed by atoms with Gasteiger partial charge in [-0.05, 0) is 47.8 Å². The molecule has 1 aromatic rings. The molecule has 0 N–H and O–H groups in total. The van der Waals surface area contributed by atoms with Crippen LogP contribution in [0.3, 0.4) is 0 Å². The van der Waals surface area contributed by atoms with E-state index in [4.69, 9.17) is 4.74 Å². The van der Waals surface area contributed by atoms with E-state index < -0.39 is 0 Å². The monoisotopic (exact) mass is 238 g/mol. The molecular formula is C16H14O2. The summed E-state index contributed by atoms with van der Waals surface area (Å²) in [5.41, 5.74) is 5.43. The third kappa shape index (κ3) is 1.70. The molecule has 0 aromatic heterocycles. The zero-order valence-corrected chi connectivity index (χ0v) is 10.3. The first kappa shape index (κ1) is 11.0. The van der Waals surface area contributed by atoms with Crippen LogP contribution >= 0.6 is 0 Å². The molecule has 2 nitrogen and oxygen atoms in total. The summed E-state index contributed by atoms with van der Waals surface area (Å²) in [6.07, 6.45) is 9.21. The van der Waals surface area contributed by atoms with Crippen molar-refractivity contribution in [2.24, 2.45) is 0 Å². The number of fused-ring (bicyclic) bond motifs is 2. The maximum Gasteiger partial charge on any atom is 0.338 e. The molecule has 0 aliphatic heterocycles. The van der Waals surface area contributed by atoms with Crippen molar-refractivity contribution in [3.05, 3.63) is 64.3 Å². The van der Waals surface area contributed by atoms with Gasteiger partial charge in [-0.1, -0.05) is 30.4 Å². The van der Waals surface area contributed by atoms with Crippen molar-refractivity contribution in [3.63, 3.8) is 0 Å². The van der Waals surface area contributed by atoms with Crippen molar-refractivity contribution in [3.8, 4) is 0 Å². The minimum absolute atomic E-state index is 0.224. The van der Waals surface area contributed by atoms with Gasteiger partial charge in [0.05, 0.1) is 12.2 Å². The minimum atomic E-state index is -0.224. The SMILES string of the molecule is CCOC(=O)c1cccc2c1CC1=CC=CC1=C2. The molecule has 2 aliphatic carbocycles. The van der Waals surface area contributed by atoms with Crippen LogP contribution in [0.5, 0.6) is 0 Å². The molecule has 1 aromatic carbocycles. The Morgan fingerprint density at radius 1 is 1.39 bits per heavy atom. The van der Waals surface area contributed by atoms with Gasteiger partial charge >= 0.3 is 5.97 Å². The number of rotatable bonds is 2. The van der Waals surface area contributed by atoms with Gasteiger partial charge in [0.25, 0.3) is 0 Å². The van der Waals surface area contributed by atoms with Crippen LogP contribution in [0, 0.1) is 0 Å². The van der Waals surface area contributed by atoms with Gasteiger partial charge in [0.15, 0.2) is 0 Å². The predicted octanol–water partition coefficient (Wildman–Crippen LogP) is 3.30. The molecule has 0 spiro atoms. The summed E-state index contributed by atoms with van der Waals surface area (Å²) >= 11 is 0. The van der Waals surface area contributed by atoms with Crippen LogP contribution in [-0.2, 0) is 11.2 Å². The summed E-state index contributed by atoms with van der Waals surface area (Å²) < 4.78 is 5.11. The maximum atomic E-state index is 11.9. The number of carbonyl (C=O) groups excluding carboxylic acids is 1. The van der Waals surface area contributed by atoms with Gasteiger partial charge in [-0.2, -0.15) is 0 Å². The first-order valence-electron chi connectivity index (χ1n) is 6.18. The van der Waals surface area contributed by atoms with Gasteiger partial charge in [0.1, 0.15) is 0 Å². The van der Waals surface area contributed by atoms with E-state index in [1.54, 1.807) is 0 Å². The van der Waals surface area contributed by atoms with Crippen molar-refractivity contribution in [2.45, 2.75) is 13.3 Å². The number of carbonyl (C=O) groups is 1. The van der Waals surface area contributed by atoms with Crippen LogP contribution in [0.25, 0.3) is 6.08 Å². The summed E-state index contributed by atoms with van der Waals surface area (Å²) in [4.78, 5) is 11.9.